The molecule has 2 atom stereocenters. The first-order valence-corrected chi connectivity index (χ1v) is 8.63. The minimum Gasteiger partial charge on any atom is -0.390 e. The lowest BCUT2D eigenvalue weighted by molar-refractivity contribution is -0.142. The number of rotatable bonds is 3. The van der Waals surface area contributed by atoms with Gasteiger partial charge in [0.25, 0.3) is 0 Å². The van der Waals surface area contributed by atoms with Crippen LogP contribution < -0.4 is 5.32 Å². The van der Waals surface area contributed by atoms with Gasteiger partial charge in [-0.15, -0.1) is 0 Å². The monoisotopic (exact) mass is 325 g/mol. The van der Waals surface area contributed by atoms with Crippen LogP contribution in [0.25, 0.3) is 0 Å². The van der Waals surface area contributed by atoms with E-state index in [0.29, 0.717) is 21.9 Å². The van der Waals surface area contributed by atoms with E-state index in [-0.39, 0.29) is 5.54 Å². The molecule has 2 unspecified atom stereocenters. The molecule has 0 heterocycles. The molecule has 2 nitrogen and oxygen atoms in total. The Labute approximate surface area is 135 Å². The van der Waals surface area contributed by atoms with Crippen LogP contribution in [0.15, 0.2) is 18.2 Å². The molecular weight excluding hydrogens is 305 g/mol. The third-order valence-electron chi connectivity index (χ3n) is 5.72. The molecule has 2 N–H and O–H groups in total. The van der Waals surface area contributed by atoms with Gasteiger partial charge in [-0.05, 0) is 62.0 Å². The summed E-state index contributed by atoms with van der Waals surface area (Å²) in [4.78, 5) is 0. The summed E-state index contributed by atoms with van der Waals surface area (Å²) in [6.07, 6.45) is 6.61. The van der Waals surface area contributed by atoms with Gasteiger partial charge in [-0.3, -0.25) is 0 Å². The van der Waals surface area contributed by atoms with Gasteiger partial charge in [0, 0.05) is 12.1 Å². The zero-order valence-electron chi connectivity index (χ0n) is 12.0. The first-order chi connectivity index (χ1) is 9.97. The standard InChI is InChI=1S/C17H21Cl2NO/c18-14-3-1-2-13(15(14)19)9-20-16-5-11-4-12(6-16)8-17(21,7-11)10-16/h1-3,11-12,20-21H,4-10H2. The molecule has 0 aromatic heterocycles. The second-order valence-corrected chi connectivity index (χ2v) is 8.32. The topological polar surface area (TPSA) is 32.3 Å². The average molecular weight is 326 g/mol. The number of aliphatic hydroxyl groups is 1. The molecule has 1 aromatic carbocycles. The van der Waals surface area contributed by atoms with Gasteiger partial charge in [-0.25, -0.2) is 0 Å². The van der Waals surface area contributed by atoms with Gasteiger partial charge in [0.2, 0.25) is 0 Å². The number of nitrogens with one attached hydrogen (secondary N) is 1. The van der Waals surface area contributed by atoms with Crippen LogP contribution in [0.2, 0.25) is 10.0 Å². The second-order valence-electron chi connectivity index (χ2n) is 7.53. The molecule has 0 amide bonds. The van der Waals surface area contributed by atoms with Crippen LogP contribution in [0.4, 0.5) is 0 Å². The Hall–Kier alpha value is -0.280. The van der Waals surface area contributed by atoms with Crippen LogP contribution in [0.5, 0.6) is 0 Å². The highest BCUT2D eigenvalue weighted by molar-refractivity contribution is 6.42. The molecule has 5 rings (SSSR count). The highest BCUT2D eigenvalue weighted by atomic mass is 35.5. The summed E-state index contributed by atoms with van der Waals surface area (Å²) in [5.74, 6) is 1.39. The van der Waals surface area contributed by atoms with Gasteiger partial charge >= 0.3 is 0 Å². The van der Waals surface area contributed by atoms with Crippen LogP contribution in [0.1, 0.15) is 44.1 Å². The Bertz CT molecular complexity index is 560. The van der Waals surface area contributed by atoms with E-state index in [1.165, 1.54) is 19.3 Å². The SMILES string of the molecule is OC12CC3CC(C1)CC(NCc1cccc(Cl)c1Cl)(C3)C2. The summed E-state index contributed by atoms with van der Waals surface area (Å²) in [7, 11) is 0. The fraction of sp³-hybridized carbons (Fsp3) is 0.647. The van der Waals surface area contributed by atoms with Crippen molar-refractivity contribution < 1.29 is 5.11 Å². The lowest BCUT2D eigenvalue weighted by Gasteiger charge is -2.60. The average Bonchev–Trinajstić information content (AvgIpc) is 2.38. The summed E-state index contributed by atoms with van der Waals surface area (Å²) >= 11 is 12.4. The van der Waals surface area contributed by atoms with Crippen molar-refractivity contribution in [1.29, 1.82) is 0 Å². The smallest absolute Gasteiger partial charge is 0.0670 e. The van der Waals surface area contributed by atoms with Crippen molar-refractivity contribution in [1.82, 2.24) is 5.32 Å². The van der Waals surface area contributed by atoms with Crippen LogP contribution in [-0.4, -0.2) is 16.2 Å². The minimum atomic E-state index is -0.421. The van der Waals surface area contributed by atoms with E-state index in [1.54, 1.807) is 0 Å². The Morgan fingerprint density at radius 2 is 1.86 bits per heavy atom. The largest absolute Gasteiger partial charge is 0.390 e. The van der Waals surface area contributed by atoms with E-state index in [0.717, 1.165) is 31.4 Å². The molecule has 4 aliphatic carbocycles. The van der Waals surface area contributed by atoms with Crippen molar-refractivity contribution >= 4 is 23.2 Å². The van der Waals surface area contributed by atoms with Crippen molar-refractivity contribution in [2.24, 2.45) is 11.8 Å². The van der Waals surface area contributed by atoms with E-state index in [2.05, 4.69) is 5.32 Å². The van der Waals surface area contributed by atoms with E-state index < -0.39 is 5.60 Å². The fourth-order valence-corrected chi connectivity index (χ4v) is 5.78. The summed E-state index contributed by atoms with van der Waals surface area (Å²) < 4.78 is 0. The number of hydrogen-bond acceptors (Lipinski definition) is 2. The summed E-state index contributed by atoms with van der Waals surface area (Å²) in [6.45, 7) is 0.731. The molecule has 4 saturated carbocycles. The van der Waals surface area contributed by atoms with Gasteiger partial charge in [-0.1, -0.05) is 35.3 Å². The van der Waals surface area contributed by atoms with Crippen molar-refractivity contribution in [2.75, 3.05) is 0 Å². The van der Waals surface area contributed by atoms with Gasteiger partial charge in [0.05, 0.1) is 15.6 Å². The van der Waals surface area contributed by atoms with Gasteiger partial charge in [0.15, 0.2) is 0 Å². The highest BCUT2D eigenvalue weighted by Gasteiger charge is 2.56. The maximum Gasteiger partial charge on any atom is 0.0670 e. The fourth-order valence-electron chi connectivity index (χ4n) is 5.39. The second kappa shape index (κ2) is 4.86. The Kier molecular flexibility index (Phi) is 3.31. The quantitative estimate of drug-likeness (QED) is 0.874. The van der Waals surface area contributed by atoms with Crippen molar-refractivity contribution in [3.63, 3.8) is 0 Å². The van der Waals surface area contributed by atoms with E-state index in [4.69, 9.17) is 23.2 Å². The van der Waals surface area contributed by atoms with Crippen molar-refractivity contribution in [2.45, 2.75) is 56.2 Å². The minimum absolute atomic E-state index is 0.102. The number of halogens is 2. The van der Waals surface area contributed by atoms with Crippen LogP contribution in [0, 0.1) is 11.8 Å². The van der Waals surface area contributed by atoms with Crippen LogP contribution in [0.3, 0.4) is 0 Å². The Morgan fingerprint density at radius 1 is 1.14 bits per heavy atom. The zero-order valence-corrected chi connectivity index (χ0v) is 13.6. The lowest BCUT2D eigenvalue weighted by atomic mass is 9.51. The van der Waals surface area contributed by atoms with Gasteiger partial charge in [-0.2, -0.15) is 0 Å². The third kappa shape index (κ3) is 2.50. The van der Waals surface area contributed by atoms with Crippen molar-refractivity contribution in [3.8, 4) is 0 Å². The zero-order chi connectivity index (χ0) is 14.7. The molecule has 0 saturated heterocycles. The molecule has 0 spiro atoms. The third-order valence-corrected chi connectivity index (χ3v) is 6.57. The molecule has 114 valence electrons. The predicted molar refractivity (Wildman–Crippen MR) is 85.7 cm³/mol. The molecule has 0 radical (unpaired) electrons. The summed E-state index contributed by atoms with van der Waals surface area (Å²) in [5.41, 5.74) is 0.728. The Morgan fingerprint density at radius 3 is 2.52 bits per heavy atom. The van der Waals surface area contributed by atoms with Crippen molar-refractivity contribution in [3.05, 3.63) is 33.8 Å². The lowest BCUT2D eigenvalue weighted by Crippen LogP contribution is -2.64. The number of benzene rings is 1. The number of hydrogen-bond donors (Lipinski definition) is 2. The van der Waals surface area contributed by atoms with Gasteiger partial charge < -0.3 is 10.4 Å². The molecule has 0 aliphatic heterocycles. The Balaban J connectivity index is 1.53. The first-order valence-electron chi connectivity index (χ1n) is 7.87. The molecule has 4 bridgehead atoms. The molecule has 4 heteroatoms. The predicted octanol–water partition coefficient (Wildman–Crippen LogP) is 4.17. The molecule has 4 fully saturated rings. The molecule has 1 aromatic rings. The van der Waals surface area contributed by atoms with E-state index in [1.807, 2.05) is 18.2 Å². The first kappa shape index (κ1) is 14.3. The maximum atomic E-state index is 10.8. The molecular formula is C17H21Cl2NO. The van der Waals surface area contributed by atoms with Crippen LogP contribution >= 0.6 is 23.2 Å². The van der Waals surface area contributed by atoms with Gasteiger partial charge in [0.1, 0.15) is 0 Å². The normalized spacial score (nSPS) is 40.7. The summed E-state index contributed by atoms with van der Waals surface area (Å²) in [5, 5.41) is 15.8. The highest BCUT2D eigenvalue weighted by Crippen LogP contribution is 2.57. The van der Waals surface area contributed by atoms with E-state index >= 15 is 0 Å². The summed E-state index contributed by atoms with van der Waals surface area (Å²) in [6, 6.07) is 5.79. The van der Waals surface area contributed by atoms with Crippen LogP contribution in [-0.2, 0) is 6.54 Å². The molecule has 21 heavy (non-hydrogen) atoms. The van der Waals surface area contributed by atoms with E-state index in [9.17, 15) is 5.11 Å². The molecule has 4 aliphatic rings. The maximum absolute atomic E-state index is 10.8.